The minimum Gasteiger partial charge on any atom is -0.506 e. The van der Waals surface area contributed by atoms with E-state index in [1.807, 2.05) is 61.8 Å². The van der Waals surface area contributed by atoms with Crippen LogP contribution in [-0.2, 0) is 6.54 Å². The zero-order chi connectivity index (χ0) is 17.2. The van der Waals surface area contributed by atoms with Gasteiger partial charge in [0.25, 0.3) is 0 Å². The molecule has 1 aromatic heterocycles. The highest BCUT2D eigenvalue weighted by Gasteiger charge is 2.24. The number of rotatable bonds is 3. The van der Waals surface area contributed by atoms with Gasteiger partial charge in [0.2, 0.25) is 5.95 Å². The fourth-order valence-corrected chi connectivity index (χ4v) is 3.02. The Morgan fingerprint density at radius 1 is 1.04 bits per heavy atom. The first-order valence-electron chi connectivity index (χ1n) is 8.13. The number of para-hydroxylation sites is 3. The number of aromatic nitrogens is 2. The average Bonchev–Trinajstić information content (AvgIpc) is 2.63. The molecule has 0 saturated heterocycles. The van der Waals surface area contributed by atoms with Gasteiger partial charge in [0.15, 0.2) is 0 Å². The maximum atomic E-state index is 10.1. The molecule has 4 rings (SSSR count). The van der Waals surface area contributed by atoms with E-state index in [2.05, 4.69) is 25.1 Å². The quantitative estimate of drug-likeness (QED) is 0.766. The van der Waals surface area contributed by atoms with Crippen molar-refractivity contribution < 1.29 is 5.11 Å². The summed E-state index contributed by atoms with van der Waals surface area (Å²) >= 11 is 0. The van der Waals surface area contributed by atoms with Crippen LogP contribution in [0.3, 0.4) is 0 Å². The molecule has 0 unspecified atom stereocenters. The van der Waals surface area contributed by atoms with E-state index in [4.69, 9.17) is 0 Å². The van der Waals surface area contributed by atoms with Gasteiger partial charge in [-0.2, -0.15) is 4.98 Å². The molecule has 0 fully saturated rings. The molecular formula is C19H19N5O. The molecule has 0 atom stereocenters. The van der Waals surface area contributed by atoms with Crippen molar-refractivity contribution in [3.63, 3.8) is 0 Å². The first-order valence-corrected chi connectivity index (χ1v) is 8.13. The number of hydrogen-bond acceptors (Lipinski definition) is 6. The summed E-state index contributed by atoms with van der Waals surface area (Å²) in [6.45, 7) is 1.30. The SMILES string of the molecule is CN1CN(c2ccccc2O)Cc2cnc(Nc3ccccc3)nc21. The summed E-state index contributed by atoms with van der Waals surface area (Å²) in [5.74, 6) is 1.76. The second kappa shape index (κ2) is 6.32. The Morgan fingerprint density at radius 3 is 2.60 bits per heavy atom. The Hall–Kier alpha value is -3.28. The standard InChI is InChI=1S/C19H19N5O/c1-23-13-24(16-9-5-6-10-17(16)25)12-14-11-20-19(22-18(14)23)21-15-7-3-2-4-8-15/h2-11,25H,12-13H2,1H3,(H,20,21,22). The average molecular weight is 333 g/mol. The Labute approximate surface area is 146 Å². The van der Waals surface area contributed by atoms with E-state index in [9.17, 15) is 5.11 Å². The summed E-state index contributed by atoms with van der Waals surface area (Å²) in [6.07, 6.45) is 1.84. The van der Waals surface area contributed by atoms with Crippen molar-refractivity contribution in [3.8, 4) is 5.75 Å². The third-order valence-corrected chi connectivity index (χ3v) is 4.20. The van der Waals surface area contributed by atoms with Crippen molar-refractivity contribution in [1.82, 2.24) is 9.97 Å². The molecule has 2 aromatic carbocycles. The maximum absolute atomic E-state index is 10.1. The predicted molar refractivity (Wildman–Crippen MR) is 99.3 cm³/mol. The van der Waals surface area contributed by atoms with Gasteiger partial charge in [-0.05, 0) is 24.3 Å². The van der Waals surface area contributed by atoms with Crippen LogP contribution in [0.4, 0.5) is 23.1 Å². The molecule has 0 aliphatic carbocycles. The van der Waals surface area contributed by atoms with Crippen LogP contribution in [0.1, 0.15) is 5.56 Å². The van der Waals surface area contributed by atoms with Gasteiger partial charge in [-0.3, -0.25) is 0 Å². The second-order valence-corrected chi connectivity index (χ2v) is 6.06. The molecular weight excluding hydrogens is 314 g/mol. The molecule has 0 amide bonds. The number of hydrogen-bond donors (Lipinski definition) is 2. The van der Waals surface area contributed by atoms with Gasteiger partial charge in [-0.15, -0.1) is 0 Å². The van der Waals surface area contributed by atoms with E-state index in [0.717, 1.165) is 22.8 Å². The highest BCUT2D eigenvalue weighted by atomic mass is 16.3. The Morgan fingerprint density at radius 2 is 1.80 bits per heavy atom. The summed E-state index contributed by atoms with van der Waals surface area (Å²) in [7, 11) is 1.99. The highest BCUT2D eigenvalue weighted by molar-refractivity contribution is 5.63. The van der Waals surface area contributed by atoms with Gasteiger partial charge >= 0.3 is 0 Å². The lowest BCUT2D eigenvalue weighted by Gasteiger charge is -2.36. The molecule has 0 bridgehead atoms. The molecule has 2 N–H and O–H groups in total. The number of nitrogens with zero attached hydrogens (tertiary/aromatic N) is 4. The number of aromatic hydroxyl groups is 1. The van der Waals surface area contributed by atoms with E-state index in [1.54, 1.807) is 6.07 Å². The van der Waals surface area contributed by atoms with Crippen molar-refractivity contribution in [1.29, 1.82) is 0 Å². The van der Waals surface area contributed by atoms with E-state index in [1.165, 1.54) is 0 Å². The number of anilines is 4. The molecule has 0 saturated carbocycles. The minimum atomic E-state index is 0.280. The summed E-state index contributed by atoms with van der Waals surface area (Å²) in [6, 6.07) is 17.2. The largest absolute Gasteiger partial charge is 0.506 e. The van der Waals surface area contributed by atoms with Crippen molar-refractivity contribution >= 4 is 23.1 Å². The summed E-state index contributed by atoms with van der Waals surface area (Å²) in [4.78, 5) is 13.3. The number of fused-ring (bicyclic) bond motifs is 1. The second-order valence-electron chi connectivity index (χ2n) is 6.06. The molecule has 2 heterocycles. The van der Waals surface area contributed by atoms with Crippen molar-refractivity contribution in [2.45, 2.75) is 6.54 Å². The third-order valence-electron chi connectivity index (χ3n) is 4.20. The van der Waals surface area contributed by atoms with Gasteiger partial charge in [0.1, 0.15) is 11.6 Å². The fraction of sp³-hybridized carbons (Fsp3) is 0.158. The first-order chi connectivity index (χ1) is 12.2. The molecule has 25 heavy (non-hydrogen) atoms. The molecule has 6 heteroatoms. The van der Waals surface area contributed by atoms with Gasteiger partial charge < -0.3 is 20.2 Å². The first kappa shape index (κ1) is 15.3. The highest BCUT2D eigenvalue weighted by Crippen LogP contribution is 2.33. The van der Waals surface area contributed by atoms with Crippen LogP contribution in [0, 0.1) is 0 Å². The van der Waals surface area contributed by atoms with E-state index in [-0.39, 0.29) is 5.75 Å². The number of nitrogens with one attached hydrogen (secondary N) is 1. The van der Waals surface area contributed by atoms with Crippen LogP contribution in [-0.4, -0.2) is 28.8 Å². The van der Waals surface area contributed by atoms with E-state index in [0.29, 0.717) is 19.2 Å². The molecule has 6 nitrogen and oxygen atoms in total. The topological polar surface area (TPSA) is 64.5 Å². The van der Waals surface area contributed by atoms with Crippen LogP contribution in [0.2, 0.25) is 0 Å². The van der Waals surface area contributed by atoms with Crippen molar-refractivity contribution in [2.24, 2.45) is 0 Å². The Balaban J connectivity index is 1.60. The maximum Gasteiger partial charge on any atom is 0.229 e. The van der Waals surface area contributed by atoms with Gasteiger partial charge in [-0.1, -0.05) is 30.3 Å². The zero-order valence-electron chi connectivity index (χ0n) is 13.9. The van der Waals surface area contributed by atoms with Crippen molar-refractivity contribution in [2.75, 3.05) is 28.8 Å². The van der Waals surface area contributed by atoms with Crippen LogP contribution in [0.5, 0.6) is 5.75 Å². The van der Waals surface area contributed by atoms with Gasteiger partial charge in [0, 0.05) is 24.5 Å². The van der Waals surface area contributed by atoms with E-state index >= 15 is 0 Å². The zero-order valence-corrected chi connectivity index (χ0v) is 13.9. The monoisotopic (exact) mass is 333 g/mol. The van der Waals surface area contributed by atoms with Crippen LogP contribution < -0.4 is 15.1 Å². The minimum absolute atomic E-state index is 0.280. The van der Waals surface area contributed by atoms with Crippen LogP contribution in [0.15, 0.2) is 60.8 Å². The lowest BCUT2D eigenvalue weighted by Crippen LogP contribution is -2.41. The Bertz CT molecular complexity index is 884. The fourth-order valence-electron chi connectivity index (χ4n) is 3.02. The Kier molecular flexibility index (Phi) is 3.85. The predicted octanol–water partition coefficient (Wildman–Crippen LogP) is 3.34. The van der Waals surface area contributed by atoms with Crippen LogP contribution >= 0.6 is 0 Å². The van der Waals surface area contributed by atoms with Crippen molar-refractivity contribution in [3.05, 3.63) is 66.4 Å². The molecule has 0 radical (unpaired) electrons. The number of phenolic OH excluding ortho intramolecular Hbond substituents is 1. The van der Waals surface area contributed by atoms with Gasteiger partial charge in [0.05, 0.1) is 18.9 Å². The molecule has 0 spiro atoms. The lowest BCUT2D eigenvalue weighted by molar-refractivity contribution is 0.473. The van der Waals surface area contributed by atoms with E-state index < -0.39 is 0 Å². The van der Waals surface area contributed by atoms with Crippen LogP contribution in [0.25, 0.3) is 0 Å². The number of benzene rings is 2. The summed E-state index contributed by atoms with van der Waals surface area (Å²) in [5.41, 5.74) is 2.79. The lowest BCUT2D eigenvalue weighted by atomic mass is 10.2. The van der Waals surface area contributed by atoms with Gasteiger partial charge in [-0.25, -0.2) is 4.98 Å². The summed E-state index contributed by atoms with van der Waals surface area (Å²) < 4.78 is 0. The normalized spacial score (nSPS) is 13.5. The molecule has 1 aliphatic rings. The summed E-state index contributed by atoms with van der Waals surface area (Å²) in [5, 5.41) is 13.3. The molecule has 126 valence electrons. The molecule has 1 aliphatic heterocycles. The molecule has 3 aromatic rings. The third kappa shape index (κ3) is 3.06. The smallest absolute Gasteiger partial charge is 0.229 e. The number of phenols is 1.